The summed E-state index contributed by atoms with van der Waals surface area (Å²) in [5.41, 5.74) is 5.06. The number of halogens is 2. The summed E-state index contributed by atoms with van der Waals surface area (Å²) in [6.07, 6.45) is 3.86. The number of carboxylic acids is 1. The van der Waals surface area contributed by atoms with Crippen molar-refractivity contribution in [3.8, 4) is 11.1 Å². The lowest BCUT2D eigenvalue weighted by Crippen LogP contribution is -2.33. The molecule has 3 aromatic rings. The molecule has 0 unspecified atom stereocenters. The fourth-order valence-electron chi connectivity index (χ4n) is 4.53. The van der Waals surface area contributed by atoms with Crippen LogP contribution in [0.5, 0.6) is 0 Å². The van der Waals surface area contributed by atoms with Gasteiger partial charge in [-0.2, -0.15) is 0 Å². The summed E-state index contributed by atoms with van der Waals surface area (Å²) in [5.74, 6) is -1.75. The van der Waals surface area contributed by atoms with Crippen molar-refractivity contribution < 1.29 is 18.7 Å². The van der Waals surface area contributed by atoms with Crippen molar-refractivity contribution in [1.29, 1.82) is 0 Å². The highest BCUT2D eigenvalue weighted by atomic mass is 19.1. The second-order valence-corrected chi connectivity index (χ2v) is 7.81. The number of aliphatic carboxylic acids is 1. The topological polar surface area (TPSA) is 72.5 Å². The molecule has 2 aliphatic heterocycles. The highest BCUT2D eigenvalue weighted by Crippen LogP contribution is 2.44. The van der Waals surface area contributed by atoms with Crippen LogP contribution in [0.3, 0.4) is 0 Å². The molecule has 8 heteroatoms. The van der Waals surface area contributed by atoms with Gasteiger partial charge in [0.1, 0.15) is 17.3 Å². The first-order valence-corrected chi connectivity index (χ1v) is 9.76. The summed E-state index contributed by atoms with van der Waals surface area (Å²) < 4.78 is 29.0. The van der Waals surface area contributed by atoms with Crippen molar-refractivity contribution in [2.24, 2.45) is 0 Å². The minimum atomic E-state index is -0.847. The van der Waals surface area contributed by atoms with Crippen LogP contribution in [0.1, 0.15) is 17.7 Å². The van der Waals surface area contributed by atoms with Gasteiger partial charge in [-0.05, 0) is 30.2 Å². The fourth-order valence-corrected chi connectivity index (χ4v) is 4.53. The van der Waals surface area contributed by atoms with Gasteiger partial charge in [-0.15, -0.1) is 0 Å². The molecule has 0 fully saturated rings. The van der Waals surface area contributed by atoms with Crippen LogP contribution in [-0.4, -0.2) is 52.6 Å². The van der Waals surface area contributed by atoms with Gasteiger partial charge < -0.3 is 15.0 Å². The van der Waals surface area contributed by atoms with Crippen LogP contribution in [0, 0.1) is 11.6 Å². The van der Waals surface area contributed by atoms with Crippen molar-refractivity contribution in [3.05, 3.63) is 53.4 Å². The first-order chi connectivity index (χ1) is 14.4. The molecule has 1 aromatic carbocycles. The molecule has 2 aromatic heterocycles. The van der Waals surface area contributed by atoms with Gasteiger partial charge >= 0.3 is 5.97 Å². The maximum absolute atomic E-state index is 15.0. The molecule has 0 amide bonds. The molecule has 0 spiro atoms. The Balaban J connectivity index is 1.68. The van der Waals surface area contributed by atoms with Gasteiger partial charge in [0.05, 0.1) is 12.7 Å². The molecule has 2 aliphatic rings. The Bertz CT molecular complexity index is 1220. The number of benzene rings is 1. The summed E-state index contributed by atoms with van der Waals surface area (Å²) in [4.78, 5) is 22.4. The maximum atomic E-state index is 15.0. The van der Waals surface area contributed by atoms with Gasteiger partial charge in [-0.3, -0.25) is 9.69 Å². The number of hydrogen-bond donors (Lipinski definition) is 2. The minimum absolute atomic E-state index is 0.00383. The summed E-state index contributed by atoms with van der Waals surface area (Å²) in [7, 11) is 1.90. The average molecular weight is 410 g/mol. The molecule has 30 heavy (non-hydrogen) atoms. The second-order valence-electron chi connectivity index (χ2n) is 7.81. The third-order valence-electron chi connectivity index (χ3n) is 5.89. The smallest absolute Gasteiger partial charge is 0.317 e. The zero-order chi connectivity index (χ0) is 21.0. The van der Waals surface area contributed by atoms with E-state index >= 15 is 0 Å². The van der Waals surface area contributed by atoms with E-state index in [1.54, 1.807) is 6.07 Å². The van der Waals surface area contributed by atoms with Crippen molar-refractivity contribution in [3.63, 3.8) is 0 Å². The van der Waals surface area contributed by atoms with Gasteiger partial charge in [-0.25, -0.2) is 13.8 Å². The van der Waals surface area contributed by atoms with Crippen LogP contribution < -0.4 is 4.90 Å². The van der Waals surface area contributed by atoms with E-state index in [1.165, 1.54) is 18.3 Å². The van der Waals surface area contributed by atoms with Crippen molar-refractivity contribution in [2.45, 2.75) is 13.0 Å². The van der Waals surface area contributed by atoms with Crippen LogP contribution in [0.4, 0.5) is 14.5 Å². The lowest BCUT2D eigenvalue weighted by atomic mass is 9.97. The van der Waals surface area contributed by atoms with Gasteiger partial charge in [0.2, 0.25) is 0 Å². The summed E-state index contributed by atoms with van der Waals surface area (Å²) in [5, 5.41) is 9.69. The van der Waals surface area contributed by atoms with Crippen molar-refractivity contribution in [2.75, 3.05) is 31.6 Å². The number of anilines is 1. The second kappa shape index (κ2) is 6.91. The predicted octanol–water partition coefficient (Wildman–Crippen LogP) is 3.63. The van der Waals surface area contributed by atoms with Crippen LogP contribution in [0.15, 0.2) is 30.5 Å². The first-order valence-electron chi connectivity index (χ1n) is 9.76. The standard InChI is InChI=1S/C22H20F2N4O2/c1-27-10-15-20-19(14-8-13(23)2-3-17(14)27)16(24)9-25-22(20)26-21(15)12-4-6-28(7-5-12)11-18(29)30/h2-4,8-9H,5-7,10-11H2,1H3,(H,25,26)(H,29,30). The van der Waals surface area contributed by atoms with Gasteiger partial charge in [0.25, 0.3) is 0 Å². The largest absolute Gasteiger partial charge is 0.480 e. The molecule has 0 aliphatic carbocycles. The normalized spacial score (nSPS) is 16.4. The number of rotatable bonds is 3. The molecule has 2 N–H and O–H groups in total. The third-order valence-corrected chi connectivity index (χ3v) is 5.89. The molecule has 0 bridgehead atoms. The van der Waals surface area contributed by atoms with Crippen LogP contribution in [-0.2, 0) is 11.3 Å². The van der Waals surface area contributed by atoms with E-state index in [0.717, 1.165) is 22.5 Å². The van der Waals surface area contributed by atoms with Gasteiger partial charge in [-0.1, -0.05) is 6.08 Å². The number of aromatic nitrogens is 2. The van der Waals surface area contributed by atoms with E-state index in [2.05, 4.69) is 9.97 Å². The molecular formula is C22H20F2N4O2. The van der Waals surface area contributed by atoms with Crippen molar-refractivity contribution >= 4 is 28.3 Å². The Hall–Kier alpha value is -3.26. The number of carboxylic acid groups (broad SMARTS) is 1. The number of pyridine rings is 1. The molecule has 6 nitrogen and oxygen atoms in total. The Morgan fingerprint density at radius 3 is 2.90 bits per heavy atom. The lowest BCUT2D eigenvalue weighted by molar-refractivity contribution is -0.138. The summed E-state index contributed by atoms with van der Waals surface area (Å²) in [6, 6.07) is 4.43. The lowest BCUT2D eigenvalue weighted by Gasteiger charge is -2.25. The molecule has 4 heterocycles. The monoisotopic (exact) mass is 410 g/mol. The molecule has 0 atom stereocenters. The molecular weight excluding hydrogens is 390 g/mol. The molecule has 0 saturated carbocycles. The zero-order valence-electron chi connectivity index (χ0n) is 16.4. The highest BCUT2D eigenvalue weighted by Gasteiger charge is 2.28. The Morgan fingerprint density at radius 1 is 1.33 bits per heavy atom. The molecule has 0 saturated heterocycles. The van der Waals surface area contributed by atoms with Gasteiger partial charge in [0, 0.05) is 60.1 Å². The first kappa shape index (κ1) is 18.7. The van der Waals surface area contributed by atoms with Crippen LogP contribution in [0.25, 0.3) is 27.7 Å². The number of nitrogens with zero attached hydrogens (tertiary/aromatic N) is 3. The number of carbonyl (C=O) groups is 1. The van der Waals surface area contributed by atoms with E-state index in [9.17, 15) is 13.6 Å². The maximum Gasteiger partial charge on any atom is 0.317 e. The number of aromatic amines is 1. The van der Waals surface area contributed by atoms with E-state index in [0.29, 0.717) is 48.2 Å². The number of hydrogen-bond acceptors (Lipinski definition) is 4. The minimum Gasteiger partial charge on any atom is -0.480 e. The summed E-state index contributed by atoms with van der Waals surface area (Å²) in [6.45, 7) is 1.68. The van der Waals surface area contributed by atoms with Crippen LogP contribution >= 0.6 is 0 Å². The van der Waals surface area contributed by atoms with E-state index < -0.39 is 17.6 Å². The van der Waals surface area contributed by atoms with E-state index in [1.807, 2.05) is 22.9 Å². The Labute approximate surface area is 171 Å². The Kier molecular flexibility index (Phi) is 4.32. The highest BCUT2D eigenvalue weighted by molar-refractivity contribution is 6.03. The number of fused-ring (bicyclic) bond motifs is 2. The third kappa shape index (κ3) is 2.95. The van der Waals surface area contributed by atoms with E-state index in [-0.39, 0.29) is 6.54 Å². The SMILES string of the molecule is CN1Cc2c(C3=CCN(CC(=O)O)CC3)[nH]c3ncc(F)c(c23)-c2cc(F)ccc21. The fraction of sp³-hybridized carbons (Fsp3) is 0.273. The number of H-pyrrole nitrogens is 1. The quantitative estimate of drug-likeness (QED) is 0.690. The summed E-state index contributed by atoms with van der Waals surface area (Å²) >= 11 is 0. The number of nitrogens with one attached hydrogen (secondary N) is 1. The molecule has 5 rings (SSSR count). The Morgan fingerprint density at radius 2 is 2.17 bits per heavy atom. The van der Waals surface area contributed by atoms with E-state index in [4.69, 9.17) is 5.11 Å². The molecule has 154 valence electrons. The van der Waals surface area contributed by atoms with Gasteiger partial charge in [0.15, 0.2) is 0 Å². The van der Waals surface area contributed by atoms with Crippen molar-refractivity contribution in [1.82, 2.24) is 14.9 Å². The average Bonchev–Trinajstić information content (AvgIpc) is 3.00. The van der Waals surface area contributed by atoms with Crippen LogP contribution in [0.2, 0.25) is 0 Å². The molecule has 0 radical (unpaired) electrons. The zero-order valence-corrected chi connectivity index (χ0v) is 16.4. The predicted molar refractivity (Wildman–Crippen MR) is 110 cm³/mol.